The van der Waals surface area contributed by atoms with Crippen LogP contribution in [0, 0.1) is 20.8 Å². The number of rotatable bonds is 3. The van der Waals surface area contributed by atoms with Crippen molar-refractivity contribution in [3.05, 3.63) is 41.1 Å². The third kappa shape index (κ3) is 2.59. The Bertz CT molecular complexity index is 471. The standard InChI is InChI=1S/C12H14N2O2/c1-8-4-9(2)6-11(5-8)15-7-12-14-13-10(3)16-12/h4-6H,7H2,1-3H3. The maximum Gasteiger partial charge on any atom is 0.253 e. The van der Waals surface area contributed by atoms with Crippen molar-refractivity contribution in [1.29, 1.82) is 0 Å². The van der Waals surface area contributed by atoms with E-state index in [4.69, 9.17) is 9.15 Å². The highest BCUT2D eigenvalue weighted by molar-refractivity contribution is 5.32. The summed E-state index contributed by atoms with van der Waals surface area (Å²) in [6.45, 7) is 6.14. The van der Waals surface area contributed by atoms with Gasteiger partial charge in [0.2, 0.25) is 5.89 Å². The minimum Gasteiger partial charge on any atom is -0.484 e. The summed E-state index contributed by atoms with van der Waals surface area (Å²) >= 11 is 0. The molecule has 0 aliphatic rings. The van der Waals surface area contributed by atoms with Crippen LogP contribution in [0.2, 0.25) is 0 Å². The zero-order valence-electron chi connectivity index (χ0n) is 9.65. The summed E-state index contributed by atoms with van der Waals surface area (Å²) in [7, 11) is 0. The Morgan fingerprint density at radius 1 is 1.06 bits per heavy atom. The van der Waals surface area contributed by atoms with Gasteiger partial charge in [0.1, 0.15) is 5.75 Å². The smallest absolute Gasteiger partial charge is 0.253 e. The van der Waals surface area contributed by atoms with Crippen molar-refractivity contribution in [2.75, 3.05) is 0 Å². The Kier molecular flexibility index (Phi) is 2.90. The number of hydrogen-bond acceptors (Lipinski definition) is 4. The van der Waals surface area contributed by atoms with Gasteiger partial charge in [-0.2, -0.15) is 0 Å². The van der Waals surface area contributed by atoms with Crippen LogP contribution in [0.15, 0.2) is 22.6 Å². The van der Waals surface area contributed by atoms with Gasteiger partial charge in [-0.15, -0.1) is 10.2 Å². The fourth-order valence-corrected chi connectivity index (χ4v) is 1.56. The third-order valence-electron chi connectivity index (χ3n) is 2.13. The predicted molar refractivity (Wildman–Crippen MR) is 59.3 cm³/mol. The van der Waals surface area contributed by atoms with E-state index in [1.807, 2.05) is 26.0 Å². The van der Waals surface area contributed by atoms with Crippen LogP contribution in [0.4, 0.5) is 0 Å². The molecule has 1 aromatic carbocycles. The molecule has 1 heterocycles. The zero-order valence-corrected chi connectivity index (χ0v) is 9.65. The molecule has 0 saturated carbocycles. The molecular formula is C12H14N2O2. The first-order chi connectivity index (χ1) is 7.63. The minimum atomic E-state index is 0.309. The largest absolute Gasteiger partial charge is 0.484 e. The van der Waals surface area contributed by atoms with Crippen molar-refractivity contribution < 1.29 is 9.15 Å². The minimum absolute atomic E-state index is 0.309. The highest BCUT2D eigenvalue weighted by atomic mass is 16.5. The normalized spacial score (nSPS) is 10.4. The van der Waals surface area contributed by atoms with Gasteiger partial charge in [-0.1, -0.05) is 6.07 Å². The van der Waals surface area contributed by atoms with Gasteiger partial charge in [-0.25, -0.2) is 0 Å². The molecule has 16 heavy (non-hydrogen) atoms. The Balaban J connectivity index is 2.04. The molecule has 1 aromatic heterocycles. The summed E-state index contributed by atoms with van der Waals surface area (Å²) < 4.78 is 10.8. The molecule has 84 valence electrons. The molecule has 4 nitrogen and oxygen atoms in total. The lowest BCUT2D eigenvalue weighted by molar-refractivity contribution is 0.260. The van der Waals surface area contributed by atoms with Crippen LogP contribution in [0.3, 0.4) is 0 Å². The summed E-state index contributed by atoms with van der Waals surface area (Å²) in [6, 6.07) is 6.07. The fourth-order valence-electron chi connectivity index (χ4n) is 1.56. The van der Waals surface area contributed by atoms with E-state index in [9.17, 15) is 0 Å². The first-order valence-corrected chi connectivity index (χ1v) is 5.13. The summed E-state index contributed by atoms with van der Waals surface area (Å²) in [6.07, 6.45) is 0. The number of nitrogens with zero attached hydrogens (tertiary/aromatic N) is 2. The van der Waals surface area contributed by atoms with Crippen molar-refractivity contribution in [3.8, 4) is 5.75 Å². The summed E-state index contributed by atoms with van der Waals surface area (Å²) in [5.74, 6) is 1.88. The van der Waals surface area contributed by atoms with E-state index in [-0.39, 0.29) is 0 Å². The van der Waals surface area contributed by atoms with Crippen LogP contribution in [0.25, 0.3) is 0 Å². The molecule has 0 N–H and O–H groups in total. The first-order valence-electron chi connectivity index (χ1n) is 5.13. The number of aromatic nitrogens is 2. The van der Waals surface area contributed by atoms with Gasteiger partial charge in [0.25, 0.3) is 5.89 Å². The molecule has 2 aromatic rings. The monoisotopic (exact) mass is 218 g/mol. The van der Waals surface area contributed by atoms with Crippen LogP contribution in [0.5, 0.6) is 5.75 Å². The highest BCUT2D eigenvalue weighted by Crippen LogP contribution is 2.17. The molecule has 0 saturated heterocycles. The lowest BCUT2D eigenvalue weighted by atomic mass is 10.1. The van der Waals surface area contributed by atoms with Gasteiger partial charge in [0, 0.05) is 6.92 Å². The molecule has 0 amide bonds. The molecule has 0 aliphatic carbocycles. The third-order valence-corrected chi connectivity index (χ3v) is 2.13. The van der Waals surface area contributed by atoms with E-state index in [2.05, 4.69) is 16.3 Å². The molecule has 2 rings (SSSR count). The van der Waals surface area contributed by atoms with E-state index in [0.717, 1.165) is 5.75 Å². The van der Waals surface area contributed by atoms with Crippen molar-refractivity contribution in [3.63, 3.8) is 0 Å². The van der Waals surface area contributed by atoms with Crippen molar-refractivity contribution >= 4 is 0 Å². The summed E-state index contributed by atoms with van der Waals surface area (Å²) in [4.78, 5) is 0. The van der Waals surface area contributed by atoms with E-state index < -0.39 is 0 Å². The Morgan fingerprint density at radius 2 is 1.75 bits per heavy atom. The Morgan fingerprint density at radius 3 is 2.31 bits per heavy atom. The van der Waals surface area contributed by atoms with Crippen LogP contribution in [0.1, 0.15) is 22.9 Å². The number of hydrogen-bond donors (Lipinski definition) is 0. The molecule has 0 fully saturated rings. The molecule has 0 spiro atoms. The average Bonchev–Trinajstić information content (AvgIpc) is 2.60. The molecule has 0 unspecified atom stereocenters. The molecule has 0 aliphatic heterocycles. The van der Waals surface area contributed by atoms with Crippen LogP contribution < -0.4 is 4.74 Å². The second kappa shape index (κ2) is 4.35. The van der Waals surface area contributed by atoms with Crippen LogP contribution in [-0.4, -0.2) is 10.2 Å². The van der Waals surface area contributed by atoms with E-state index in [1.165, 1.54) is 11.1 Å². The summed E-state index contributed by atoms with van der Waals surface area (Å²) in [5, 5.41) is 7.60. The number of benzene rings is 1. The van der Waals surface area contributed by atoms with Crippen molar-refractivity contribution in [2.24, 2.45) is 0 Å². The average molecular weight is 218 g/mol. The maximum absolute atomic E-state index is 5.57. The molecule has 0 radical (unpaired) electrons. The van der Waals surface area contributed by atoms with Gasteiger partial charge >= 0.3 is 0 Å². The van der Waals surface area contributed by atoms with Crippen molar-refractivity contribution in [1.82, 2.24) is 10.2 Å². The van der Waals surface area contributed by atoms with Gasteiger partial charge in [-0.3, -0.25) is 0 Å². The van der Waals surface area contributed by atoms with Gasteiger partial charge in [0.15, 0.2) is 6.61 Å². The number of aryl methyl sites for hydroxylation is 3. The first kappa shape index (κ1) is 10.7. The highest BCUT2D eigenvalue weighted by Gasteiger charge is 2.03. The molecule has 4 heteroatoms. The van der Waals surface area contributed by atoms with Gasteiger partial charge in [0.05, 0.1) is 0 Å². The Hall–Kier alpha value is -1.84. The van der Waals surface area contributed by atoms with E-state index in [0.29, 0.717) is 18.4 Å². The van der Waals surface area contributed by atoms with Gasteiger partial charge < -0.3 is 9.15 Å². The molecule has 0 atom stereocenters. The predicted octanol–water partition coefficient (Wildman–Crippen LogP) is 2.57. The zero-order chi connectivity index (χ0) is 11.5. The SMILES string of the molecule is Cc1cc(C)cc(OCc2nnc(C)o2)c1. The fraction of sp³-hybridized carbons (Fsp3) is 0.333. The Labute approximate surface area is 94.3 Å². The van der Waals surface area contributed by atoms with Crippen molar-refractivity contribution in [2.45, 2.75) is 27.4 Å². The van der Waals surface area contributed by atoms with E-state index in [1.54, 1.807) is 6.92 Å². The van der Waals surface area contributed by atoms with E-state index >= 15 is 0 Å². The van der Waals surface area contributed by atoms with Crippen LogP contribution in [-0.2, 0) is 6.61 Å². The molecular weight excluding hydrogens is 204 g/mol. The lowest BCUT2D eigenvalue weighted by Gasteiger charge is -2.05. The maximum atomic E-state index is 5.57. The lowest BCUT2D eigenvalue weighted by Crippen LogP contribution is -1.96. The second-order valence-electron chi connectivity index (χ2n) is 3.83. The van der Waals surface area contributed by atoms with Crippen LogP contribution >= 0.6 is 0 Å². The second-order valence-corrected chi connectivity index (χ2v) is 3.83. The molecule has 0 bridgehead atoms. The summed E-state index contributed by atoms with van der Waals surface area (Å²) in [5.41, 5.74) is 2.36. The quantitative estimate of drug-likeness (QED) is 0.794. The number of ether oxygens (including phenoxy) is 1. The van der Waals surface area contributed by atoms with Gasteiger partial charge in [-0.05, 0) is 37.1 Å². The topological polar surface area (TPSA) is 48.2 Å².